The Hall–Kier alpha value is -1.87. The van der Waals surface area contributed by atoms with Gasteiger partial charge in [0.15, 0.2) is 0 Å². The summed E-state index contributed by atoms with van der Waals surface area (Å²) >= 11 is 5.54. The van der Waals surface area contributed by atoms with E-state index in [0.717, 1.165) is 12.1 Å². The van der Waals surface area contributed by atoms with Gasteiger partial charge >= 0.3 is 6.18 Å². The largest absolute Gasteiger partial charge is 0.424 e. The summed E-state index contributed by atoms with van der Waals surface area (Å²) in [7, 11) is 0. The van der Waals surface area contributed by atoms with Gasteiger partial charge in [-0.2, -0.15) is 13.2 Å². The van der Waals surface area contributed by atoms with Gasteiger partial charge in [0.05, 0.1) is 10.5 Å². The molecule has 1 atom stereocenters. The number of nitrogen functional groups attached to an aromatic ring is 1. The minimum Gasteiger partial charge on any atom is -0.398 e. The zero-order chi connectivity index (χ0) is 15.9. The quantitative estimate of drug-likeness (QED) is 0.385. The number of ketones is 1. The van der Waals surface area contributed by atoms with Crippen molar-refractivity contribution in [2.45, 2.75) is 18.7 Å². The number of nitro groups is 1. The first-order chi connectivity index (χ1) is 8.91. The van der Waals surface area contributed by atoms with Crippen LogP contribution >= 0.6 is 11.6 Å². The molecule has 0 radical (unpaired) electrons. The topological polar surface area (TPSA) is 106 Å². The fourth-order valence-electron chi connectivity index (χ4n) is 1.32. The number of halogens is 4. The maximum absolute atomic E-state index is 12.6. The van der Waals surface area contributed by atoms with Crippen molar-refractivity contribution in [1.82, 2.24) is 0 Å². The van der Waals surface area contributed by atoms with Crippen LogP contribution < -0.4 is 5.73 Å². The van der Waals surface area contributed by atoms with Crippen molar-refractivity contribution in [3.05, 3.63) is 32.8 Å². The van der Waals surface area contributed by atoms with E-state index in [0.29, 0.717) is 0 Å². The molecule has 1 aromatic rings. The molecule has 0 saturated carbocycles. The van der Waals surface area contributed by atoms with Crippen LogP contribution in [0.5, 0.6) is 0 Å². The molecule has 0 bridgehead atoms. The average molecular weight is 313 g/mol. The predicted molar refractivity (Wildman–Crippen MR) is 63.5 cm³/mol. The summed E-state index contributed by atoms with van der Waals surface area (Å²) in [5.74, 6) is -1.86. The molecule has 6 nitrogen and oxygen atoms in total. The van der Waals surface area contributed by atoms with Crippen LogP contribution in [0.15, 0.2) is 12.1 Å². The van der Waals surface area contributed by atoms with Gasteiger partial charge in [-0.05, 0) is 13.0 Å². The monoisotopic (exact) mass is 312 g/mol. The van der Waals surface area contributed by atoms with E-state index < -0.39 is 44.4 Å². The Labute approximate surface area is 115 Å². The highest BCUT2D eigenvalue weighted by molar-refractivity contribution is 6.37. The first-order valence-corrected chi connectivity index (χ1v) is 5.35. The molecule has 1 unspecified atom stereocenters. The Bertz CT molecular complexity index is 587. The van der Waals surface area contributed by atoms with Gasteiger partial charge in [-0.1, -0.05) is 11.6 Å². The second-order valence-corrected chi connectivity index (χ2v) is 4.40. The molecule has 110 valence electrons. The lowest BCUT2D eigenvalue weighted by Crippen LogP contribution is -2.49. The van der Waals surface area contributed by atoms with Gasteiger partial charge in [-0.25, -0.2) is 0 Å². The molecule has 0 aliphatic rings. The summed E-state index contributed by atoms with van der Waals surface area (Å²) in [4.78, 5) is 21.4. The van der Waals surface area contributed by atoms with Crippen molar-refractivity contribution in [3.8, 4) is 0 Å². The molecule has 1 rings (SSSR count). The van der Waals surface area contributed by atoms with Gasteiger partial charge in [0.2, 0.25) is 11.4 Å². The summed E-state index contributed by atoms with van der Waals surface area (Å²) < 4.78 is 37.8. The molecule has 0 spiro atoms. The Kier molecular flexibility index (Phi) is 3.97. The van der Waals surface area contributed by atoms with Gasteiger partial charge < -0.3 is 10.8 Å². The highest BCUT2D eigenvalue weighted by Crippen LogP contribution is 2.39. The standard InChI is InChI=1S/C10H8ClF3N2O4/c1-9(18,10(12,13)14)8(17)6-4(15)2-3-5(7(6)11)16(19)20/h2-3,18H,15H2,1H3. The number of carbonyl (C=O) groups excluding carboxylic acids is 1. The number of hydrogen-bond donors (Lipinski definition) is 2. The van der Waals surface area contributed by atoms with Crippen molar-refractivity contribution in [2.24, 2.45) is 0 Å². The van der Waals surface area contributed by atoms with E-state index in [1.807, 2.05) is 0 Å². The van der Waals surface area contributed by atoms with Crippen LogP contribution in [0.1, 0.15) is 17.3 Å². The molecule has 0 fully saturated rings. The number of rotatable bonds is 3. The van der Waals surface area contributed by atoms with Crippen molar-refractivity contribution in [2.75, 3.05) is 5.73 Å². The number of nitrogens with zero attached hydrogens (tertiary/aromatic N) is 1. The third-order valence-electron chi connectivity index (χ3n) is 2.57. The third kappa shape index (κ3) is 2.54. The molecule has 0 aliphatic carbocycles. The maximum Gasteiger partial charge on any atom is 0.424 e. The highest BCUT2D eigenvalue weighted by atomic mass is 35.5. The normalized spacial score (nSPS) is 14.7. The van der Waals surface area contributed by atoms with E-state index in [2.05, 4.69) is 0 Å². The Morgan fingerprint density at radius 3 is 2.35 bits per heavy atom. The van der Waals surface area contributed by atoms with Gasteiger partial charge in [-0.3, -0.25) is 14.9 Å². The molecule has 10 heteroatoms. The average Bonchev–Trinajstić information content (AvgIpc) is 2.26. The van der Waals surface area contributed by atoms with E-state index in [9.17, 15) is 33.2 Å². The van der Waals surface area contributed by atoms with Gasteiger partial charge in [0, 0.05) is 11.8 Å². The Morgan fingerprint density at radius 2 is 1.95 bits per heavy atom. The summed E-state index contributed by atoms with van der Waals surface area (Å²) in [6.45, 7) is 0.212. The lowest BCUT2D eigenvalue weighted by Gasteiger charge is -2.25. The smallest absolute Gasteiger partial charge is 0.398 e. The van der Waals surface area contributed by atoms with E-state index in [1.54, 1.807) is 0 Å². The first-order valence-electron chi connectivity index (χ1n) is 4.97. The van der Waals surface area contributed by atoms with Gasteiger partial charge in [0.25, 0.3) is 5.69 Å². The van der Waals surface area contributed by atoms with Crippen LogP contribution in [0.25, 0.3) is 0 Å². The summed E-state index contributed by atoms with van der Waals surface area (Å²) in [6, 6.07) is 1.71. The zero-order valence-corrected chi connectivity index (χ0v) is 10.6. The molecular weight excluding hydrogens is 305 g/mol. The summed E-state index contributed by atoms with van der Waals surface area (Å²) in [5, 5.41) is 19.1. The van der Waals surface area contributed by atoms with Crippen LogP contribution in [0, 0.1) is 10.1 Å². The number of nitro benzene ring substituents is 1. The van der Waals surface area contributed by atoms with Crippen LogP contribution in [-0.4, -0.2) is 27.6 Å². The molecule has 0 aromatic heterocycles. The van der Waals surface area contributed by atoms with E-state index in [1.165, 1.54) is 0 Å². The molecule has 1 aromatic carbocycles. The van der Waals surface area contributed by atoms with Gasteiger partial charge in [0.1, 0.15) is 5.02 Å². The van der Waals surface area contributed by atoms with E-state index in [4.69, 9.17) is 17.3 Å². The second-order valence-electron chi connectivity index (χ2n) is 4.02. The Morgan fingerprint density at radius 1 is 1.45 bits per heavy atom. The lowest BCUT2D eigenvalue weighted by molar-refractivity contribution is -0.384. The maximum atomic E-state index is 12.6. The fraction of sp³-hybridized carbons (Fsp3) is 0.300. The van der Waals surface area contributed by atoms with E-state index in [-0.39, 0.29) is 6.92 Å². The molecular formula is C10H8ClF3N2O4. The number of hydrogen-bond acceptors (Lipinski definition) is 5. The van der Waals surface area contributed by atoms with Crippen molar-refractivity contribution < 1.29 is 28.0 Å². The summed E-state index contributed by atoms with van der Waals surface area (Å²) in [6.07, 6.45) is -5.29. The molecule has 0 amide bonds. The Balaban J connectivity index is 3.52. The van der Waals surface area contributed by atoms with Crippen LogP contribution in [0.3, 0.4) is 0 Å². The van der Waals surface area contributed by atoms with E-state index >= 15 is 0 Å². The second kappa shape index (κ2) is 4.91. The van der Waals surface area contributed by atoms with Crippen LogP contribution in [-0.2, 0) is 0 Å². The highest BCUT2D eigenvalue weighted by Gasteiger charge is 2.56. The number of nitrogens with two attached hydrogens (primary N) is 1. The van der Waals surface area contributed by atoms with Gasteiger partial charge in [-0.15, -0.1) is 0 Å². The third-order valence-corrected chi connectivity index (χ3v) is 2.95. The molecule has 0 aliphatic heterocycles. The van der Waals surface area contributed by atoms with Crippen molar-refractivity contribution in [3.63, 3.8) is 0 Å². The SMILES string of the molecule is CC(O)(C(=O)c1c(N)ccc([N+](=O)[O-])c1Cl)C(F)(F)F. The number of carbonyl (C=O) groups is 1. The minimum absolute atomic E-state index is 0.212. The molecule has 0 saturated heterocycles. The number of aliphatic hydroxyl groups is 1. The first kappa shape index (κ1) is 16.2. The minimum atomic E-state index is -5.29. The van der Waals surface area contributed by atoms with Crippen molar-refractivity contribution >= 4 is 28.8 Å². The summed E-state index contributed by atoms with van der Waals surface area (Å²) in [5.41, 5.74) is -0.675. The molecule has 20 heavy (non-hydrogen) atoms. The number of anilines is 1. The zero-order valence-electron chi connectivity index (χ0n) is 9.86. The van der Waals surface area contributed by atoms with Crippen LogP contribution in [0.2, 0.25) is 5.02 Å². The van der Waals surface area contributed by atoms with Crippen LogP contribution in [0.4, 0.5) is 24.5 Å². The molecule has 3 N–H and O–H groups in total. The number of alkyl halides is 3. The fourth-order valence-corrected chi connectivity index (χ4v) is 1.65. The lowest BCUT2D eigenvalue weighted by atomic mass is 9.92. The predicted octanol–water partition coefficient (Wildman–Crippen LogP) is 2.33. The molecule has 0 heterocycles. The number of benzene rings is 1. The number of Topliss-reactive ketones (excluding diaryl/α,β-unsaturated/α-hetero) is 1. The van der Waals surface area contributed by atoms with Crippen molar-refractivity contribution in [1.29, 1.82) is 0 Å².